The fraction of sp³-hybridized carbons (Fsp3) is 0.105. The van der Waals surface area contributed by atoms with E-state index in [1.165, 1.54) is 19.1 Å². The molecule has 2 N–H and O–H groups in total. The lowest BCUT2D eigenvalue weighted by atomic mass is 10.0. The zero-order chi connectivity index (χ0) is 18.1. The summed E-state index contributed by atoms with van der Waals surface area (Å²) in [5, 5.41) is 10.2. The molecule has 1 aliphatic rings. The summed E-state index contributed by atoms with van der Waals surface area (Å²) in [6.45, 7) is 1.40. The van der Waals surface area contributed by atoms with Crippen LogP contribution >= 0.6 is 0 Å². The largest absolute Gasteiger partial charge is 0.324 e. The van der Waals surface area contributed by atoms with Crippen molar-refractivity contribution in [2.75, 3.05) is 10.6 Å². The van der Waals surface area contributed by atoms with E-state index in [-0.39, 0.29) is 23.7 Å². The van der Waals surface area contributed by atoms with Crippen LogP contribution in [0.2, 0.25) is 0 Å². The van der Waals surface area contributed by atoms with Crippen LogP contribution in [0.3, 0.4) is 0 Å². The van der Waals surface area contributed by atoms with Gasteiger partial charge in [0.05, 0.1) is 0 Å². The average Bonchev–Trinajstić information content (AvgIpc) is 3.04. The van der Waals surface area contributed by atoms with Crippen LogP contribution in [0.1, 0.15) is 24.1 Å². The predicted octanol–water partition coefficient (Wildman–Crippen LogP) is 3.43. The molecule has 1 amide bonds. The van der Waals surface area contributed by atoms with Crippen LogP contribution in [0.25, 0.3) is 5.70 Å². The molecular weight excluding hydrogens is 333 g/mol. The van der Waals surface area contributed by atoms with Gasteiger partial charge in [0.25, 0.3) is 5.95 Å². The number of anilines is 2. The Labute approximate surface area is 149 Å². The van der Waals surface area contributed by atoms with Crippen molar-refractivity contribution in [3.8, 4) is 0 Å². The van der Waals surface area contributed by atoms with E-state index in [2.05, 4.69) is 20.7 Å². The van der Waals surface area contributed by atoms with Crippen molar-refractivity contribution >= 4 is 23.5 Å². The zero-order valence-electron chi connectivity index (χ0n) is 14.0. The quantitative estimate of drug-likeness (QED) is 0.760. The van der Waals surface area contributed by atoms with E-state index in [4.69, 9.17) is 0 Å². The lowest BCUT2D eigenvalue weighted by molar-refractivity contribution is -0.114. The molecule has 4 rings (SSSR count). The smallest absolute Gasteiger partial charge is 0.250 e. The van der Waals surface area contributed by atoms with Gasteiger partial charge in [-0.2, -0.15) is 4.98 Å². The summed E-state index contributed by atoms with van der Waals surface area (Å²) in [7, 11) is 0. The predicted molar refractivity (Wildman–Crippen MR) is 96.9 cm³/mol. The number of allylic oxidation sites excluding steroid dienone is 1. The fourth-order valence-electron chi connectivity index (χ4n) is 2.89. The lowest BCUT2D eigenvalue weighted by Gasteiger charge is -2.24. The van der Waals surface area contributed by atoms with Crippen LogP contribution in [0.15, 0.2) is 60.7 Å². The van der Waals surface area contributed by atoms with E-state index in [1.807, 2.05) is 36.4 Å². The van der Waals surface area contributed by atoms with Crippen molar-refractivity contribution < 1.29 is 9.18 Å². The molecule has 0 fully saturated rings. The Bertz CT molecular complexity index is 979. The Morgan fingerprint density at radius 2 is 1.88 bits per heavy atom. The molecule has 1 aliphatic heterocycles. The number of hydrogen-bond acceptors (Lipinski definition) is 4. The van der Waals surface area contributed by atoms with Crippen molar-refractivity contribution in [3.63, 3.8) is 0 Å². The summed E-state index contributed by atoms with van der Waals surface area (Å²) in [6.07, 6.45) is 2.00. The molecule has 2 heterocycles. The van der Waals surface area contributed by atoms with Gasteiger partial charge in [0, 0.05) is 12.6 Å². The highest BCUT2D eigenvalue weighted by Gasteiger charge is 2.25. The highest BCUT2D eigenvalue weighted by molar-refractivity contribution is 5.87. The van der Waals surface area contributed by atoms with Gasteiger partial charge in [0.2, 0.25) is 11.9 Å². The van der Waals surface area contributed by atoms with Gasteiger partial charge in [-0.05, 0) is 29.3 Å². The van der Waals surface area contributed by atoms with Crippen LogP contribution in [0, 0.1) is 5.82 Å². The van der Waals surface area contributed by atoms with Crippen LogP contribution in [0.5, 0.6) is 0 Å². The Hall–Kier alpha value is -3.48. The molecule has 3 aromatic rings. The highest BCUT2D eigenvalue weighted by Crippen LogP contribution is 2.33. The summed E-state index contributed by atoms with van der Waals surface area (Å²) in [5.74, 6) is 0.175. The molecular formula is C19H16FN5O. The minimum absolute atomic E-state index is 0.217. The molecule has 7 heteroatoms. The van der Waals surface area contributed by atoms with Crippen LogP contribution in [-0.2, 0) is 4.79 Å². The van der Waals surface area contributed by atoms with Gasteiger partial charge in [-0.15, -0.1) is 5.10 Å². The first-order valence-electron chi connectivity index (χ1n) is 8.14. The molecule has 1 atom stereocenters. The Balaban J connectivity index is 1.80. The second-order valence-electron chi connectivity index (χ2n) is 5.95. The van der Waals surface area contributed by atoms with Gasteiger partial charge < -0.3 is 5.32 Å². The molecule has 0 bridgehead atoms. The van der Waals surface area contributed by atoms with Gasteiger partial charge >= 0.3 is 0 Å². The molecule has 0 saturated carbocycles. The summed E-state index contributed by atoms with van der Waals surface area (Å²) in [4.78, 5) is 15.7. The van der Waals surface area contributed by atoms with E-state index in [9.17, 15) is 9.18 Å². The Morgan fingerprint density at radius 1 is 1.15 bits per heavy atom. The van der Waals surface area contributed by atoms with Gasteiger partial charge in [0.1, 0.15) is 11.9 Å². The number of amides is 1. The van der Waals surface area contributed by atoms with Crippen molar-refractivity contribution in [1.82, 2.24) is 14.8 Å². The number of fused-ring (bicyclic) bond motifs is 1. The number of aromatic nitrogens is 3. The number of carbonyl (C=O) groups is 1. The van der Waals surface area contributed by atoms with E-state index in [0.717, 1.165) is 16.8 Å². The standard InChI is InChI=1S/C19H16FN5O/c1-12(26)21-18-23-19-22-16(13-5-3-2-4-6-13)11-17(25(19)24-18)14-7-9-15(20)10-8-14/h2-11,17H,1H3,(H2,21,22,23,24,26)/t17-/m1/s1. The Kier molecular flexibility index (Phi) is 3.96. The summed E-state index contributed by atoms with van der Waals surface area (Å²) in [6, 6.07) is 15.8. The molecule has 0 saturated heterocycles. The average molecular weight is 349 g/mol. The van der Waals surface area contributed by atoms with Crippen molar-refractivity contribution in [1.29, 1.82) is 0 Å². The molecule has 2 aromatic carbocycles. The lowest BCUT2D eigenvalue weighted by Crippen LogP contribution is -2.20. The summed E-state index contributed by atoms with van der Waals surface area (Å²) < 4.78 is 15.0. The second kappa shape index (κ2) is 6.44. The number of nitrogens with zero attached hydrogens (tertiary/aromatic N) is 3. The number of benzene rings is 2. The summed E-state index contributed by atoms with van der Waals surface area (Å²) >= 11 is 0. The van der Waals surface area contributed by atoms with Crippen molar-refractivity contribution in [3.05, 3.63) is 77.6 Å². The maximum absolute atomic E-state index is 13.3. The first-order valence-corrected chi connectivity index (χ1v) is 8.14. The number of halogens is 1. The molecule has 0 radical (unpaired) electrons. The van der Waals surface area contributed by atoms with Crippen molar-refractivity contribution in [2.24, 2.45) is 0 Å². The molecule has 1 aromatic heterocycles. The summed E-state index contributed by atoms with van der Waals surface area (Å²) in [5.41, 5.74) is 2.73. The third-order valence-corrected chi connectivity index (χ3v) is 4.05. The van der Waals surface area contributed by atoms with Gasteiger partial charge in [-0.25, -0.2) is 9.07 Å². The second-order valence-corrected chi connectivity index (χ2v) is 5.95. The van der Waals surface area contributed by atoms with Crippen molar-refractivity contribution in [2.45, 2.75) is 13.0 Å². The maximum Gasteiger partial charge on any atom is 0.250 e. The molecule has 0 unspecified atom stereocenters. The van der Waals surface area contributed by atoms with Gasteiger partial charge in [-0.3, -0.25) is 10.1 Å². The first-order chi connectivity index (χ1) is 12.6. The highest BCUT2D eigenvalue weighted by atomic mass is 19.1. The van der Waals surface area contributed by atoms with E-state index in [1.54, 1.807) is 16.8 Å². The molecule has 0 aliphatic carbocycles. The first kappa shape index (κ1) is 16.0. The molecule has 6 nitrogen and oxygen atoms in total. The van der Waals surface area contributed by atoms with Gasteiger partial charge in [0.15, 0.2) is 0 Å². The third-order valence-electron chi connectivity index (χ3n) is 4.05. The maximum atomic E-state index is 13.3. The minimum Gasteiger partial charge on any atom is -0.324 e. The number of hydrogen-bond donors (Lipinski definition) is 2. The normalized spacial score (nSPS) is 15.6. The Morgan fingerprint density at radius 3 is 2.58 bits per heavy atom. The number of rotatable bonds is 3. The monoisotopic (exact) mass is 349 g/mol. The van der Waals surface area contributed by atoms with Crippen LogP contribution in [-0.4, -0.2) is 20.7 Å². The third kappa shape index (κ3) is 3.06. The number of carbonyl (C=O) groups excluding carboxylic acids is 1. The number of nitrogens with one attached hydrogen (secondary N) is 2. The van der Waals surface area contributed by atoms with E-state index in [0.29, 0.717) is 5.95 Å². The molecule has 26 heavy (non-hydrogen) atoms. The fourth-order valence-corrected chi connectivity index (χ4v) is 2.89. The van der Waals surface area contributed by atoms with Gasteiger partial charge in [-0.1, -0.05) is 42.5 Å². The molecule has 0 spiro atoms. The van der Waals surface area contributed by atoms with Crippen LogP contribution in [0.4, 0.5) is 16.3 Å². The minimum atomic E-state index is -0.298. The molecule has 130 valence electrons. The van der Waals surface area contributed by atoms with Crippen LogP contribution < -0.4 is 10.6 Å². The van der Waals surface area contributed by atoms with E-state index >= 15 is 0 Å². The van der Waals surface area contributed by atoms with E-state index < -0.39 is 0 Å². The zero-order valence-corrected chi connectivity index (χ0v) is 14.0. The topological polar surface area (TPSA) is 71.8 Å². The SMILES string of the molecule is CC(=O)Nc1nc2n(n1)[C@@H](c1ccc(F)cc1)C=C(c1ccccc1)N2.